The van der Waals surface area contributed by atoms with E-state index >= 15 is 0 Å². The van der Waals surface area contributed by atoms with Gasteiger partial charge in [-0.3, -0.25) is 19.9 Å². The number of nitro benzene ring substituents is 1. The van der Waals surface area contributed by atoms with Crippen LogP contribution in [-0.2, 0) is 4.74 Å². The zero-order chi connectivity index (χ0) is 17.1. The SMILES string of the molecule is C[C@@H]1CN(C2CCN([C@@H](C)c3cccc([N+](=O)[O-])c3)CC2)CCO1. The van der Waals surface area contributed by atoms with Crippen LogP contribution < -0.4 is 0 Å². The van der Waals surface area contributed by atoms with Gasteiger partial charge in [-0.15, -0.1) is 0 Å². The molecule has 0 spiro atoms. The number of nitrogens with zero attached hydrogens (tertiary/aromatic N) is 3. The third-order valence-corrected chi connectivity index (χ3v) is 5.40. The van der Waals surface area contributed by atoms with Gasteiger partial charge in [0.25, 0.3) is 5.69 Å². The van der Waals surface area contributed by atoms with Crippen LogP contribution in [0.5, 0.6) is 0 Å². The first kappa shape index (κ1) is 17.3. The first-order valence-corrected chi connectivity index (χ1v) is 8.88. The first-order valence-electron chi connectivity index (χ1n) is 8.88. The van der Waals surface area contributed by atoms with Crippen molar-refractivity contribution in [1.82, 2.24) is 9.80 Å². The van der Waals surface area contributed by atoms with Crippen LogP contribution in [0.15, 0.2) is 24.3 Å². The van der Waals surface area contributed by atoms with Gasteiger partial charge in [-0.05, 0) is 32.3 Å². The quantitative estimate of drug-likeness (QED) is 0.626. The molecule has 132 valence electrons. The molecule has 2 aliphatic rings. The first-order chi connectivity index (χ1) is 11.5. The fourth-order valence-corrected chi connectivity index (χ4v) is 3.92. The van der Waals surface area contributed by atoms with Gasteiger partial charge in [0.15, 0.2) is 0 Å². The molecule has 6 heteroatoms. The highest BCUT2D eigenvalue weighted by Gasteiger charge is 2.29. The van der Waals surface area contributed by atoms with E-state index in [-0.39, 0.29) is 16.7 Å². The molecule has 2 saturated heterocycles. The van der Waals surface area contributed by atoms with E-state index in [0.29, 0.717) is 12.1 Å². The number of hydrogen-bond donors (Lipinski definition) is 0. The third-order valence-electron chi connectivity index (χ3n) is 5.40. The van der Waals surface area contributed by atoms with E-state index in [1.165, 1.54) is 0 Å². The Morgan fingerprint density at radius 3 is 2.71 bits per heavy atom. The van der Waals surface area contributed by atoms with Crippen LogP contribution in [0.2, 0.25) is 0 Å². The molecule has 6 nitrogen and oxygen atoms in total. The molecule has 2 aliphatic heterocycles. The Labute approximate surface area is 143 Å². The van der Waals surface area contributed by atoms with Crippen molar-refractivity contribution in [3.63, 3.8) is 0 Å². The monoisotopic (exact) mass is 333 g/mol. The second kappa shape index (κ2) is 7.59. The van der Waals surface area contributed by atoms with Crippen molar-refractivity contribution in [3.05, 3.63) is 39.9 Å². The van der Waals surface area contributed by atoms with Gasteiger partial charge in [0.1, 0.15) is 0 Å². The summed E-state index contributed by atoms with van der Waals surface area (Å²) in [7, 11) is 0. The average Bonchev–Trinajstić information content (AvgIpc) is 2.61. The maximum Gasteiger partial charge on any atom is 0.269 e. The lowest BCUT2D eigenvalue weighted by Crippen LogP contribution is -2.51. The smallest absolute Gasteiger partial charge is 0.269 e. The number of non-ortho nitro benzene ring substituents is 1. The molecule has 0 amide bonds. The molecule has 0 bridgehead atoms. The molecule has 0 unspecified atom stereocenters. The lowest BCUT2D eigenvalue weighted by molar-refractivity contribution is -0.385. The molecule has 1 aromatic carbocycles. The number of nitro groups is 1. The summed E-state index contributed by atoms with van der Waals surface area (Å²) < 4.78 is 5.64. The fourth-order valence-electron chi connectivity index (χ4n) is 3.92. The van der Waals surface area contributed by atoms with Crippen molar-refractivity contribution in [1.29, 1.82) is 0 Å². The lowest BCUT2D eigenvalue weighted by Gasteiger charge is -2.43. The fraction of sp³-hybridized carbons (Fsp3) is 0.667. The van der Waals surface area contributed by atoms with Gasteiger partial charge in [-0.2, -0.15) is 0 Å². The minimum Gasteiger partial charge on any atom is -0.376 e. The third kappa shape index (κ3) is 3.94. The molecular weight excluding hydrogens is 306 g/mol. The number of morpholine rings is 1. The number of hydrogen-bond acceptors (Lipinski definition) is 5. The van der Waals surface area contributed by atoms with Gasteiger partial charge in [-0.25, -0.2) is 0 Å². The lowest BCUT2D eigenvalue weighted by atomic mass is 9.98. The van der Waals surface area contributed by atoms with E-state index in [9.17, 15) is 10.1 Å². The zero-order valence-electron chi connectivity index (χ0n) is 14.6. The molecule has 3 rings (SSSR count). The van der Waals surface area contributed by atoms with Crippen LogP contribution in [0, 0.1) is 10.1 Å². The number of likely N-dealkylation sites (tertiary alicyclic amines) is 1. The molecule has 0 saturated carbocycles. The summed E-state index contributed by atoms with van der Waals surface area (Å²) in [5.74, 6) is 0. The predicted molar refractivity (Wildman–Crippen MR) is 93.1 cm³/mol. The van der Waals surface area contributed by atoms with Crippen molar-refractivity contribution < 1.29 is 9.66 Å². The van der Waals surface area contributed by atoms with Gasteiger partial charge in [0, 0.05) is 50.4 Å². The summed E-state index contributed by atoms with van der Waals surface area (Å²) >= 11 is 0. The molecule has 2 fully saturated rings. The topological polar surface area (TPSA) is 58.9 Å². The number of rotatable bonds is 4. The largest absolute Gasteiger partial charge is 0.376 e. The van der Waals surface area contributed by atoms with E-state index in [0.717, 1.165) is 51.2 Å². The molecule has 0 aliphatic carbocycles. The molecule has 0 N–H and O–H groups in total. The van der Waals surface area contributed by atoms with Gasteiger partial charge >= 0.3 is 0 Å². The molecular formula is C18H27N3O3. The van der Waals surface area contributed by atoms with Crippen molar-refractivity contribution in [3.8, 4) is 0 Å². The van der Waals surface area contributed by atoms with Gasteiger partial charge in [0.2, 0.25) is 0 Å². The Kier molecular flexibility index (Phi) is 5.48. The number of benzene rings is 1. The summed E-state index contributed by atoms with van der Waals surface area (Å²) in [6.07, 6.45) is 2.65. The van der Waals surface area contributed by atoms with Crippen molar-refractivity contribution in [2.24, 2.45) is 0 Å². The second-order valence-corrected chi connectivity index (χ2v) is 6.97. The highest BCUT2D eigenvalue weighted by molar-refractivity contribution is 5.35. The van der Waals surface area contributed by atoms with E-state index < -0.39 is 0 Å². The standard InChI is InChI=1S/C18H27N3O3/c1-14-13-20(10-11-24-14)17-6-8-19(9-7-17)15(2)16-4-3-5-18(12-16)21(22)23/h3-5,12,14-15,17H,6-11,13H2,1-2H3/t14-,15+/m1/s1. The minimum atomic E-state index is -0.317. The average molecular weight is 333 g/mol. The van der Waals surface area contributed by atoms with Gasteiger partial charge < -0.3 is 4.74 Å². The van der Waals surface area contributed by atoms with Crippen LogP contribution >= 0.6 is 0 Å². The van der Waals surface area contributed by atoms with Gasteiger partial charge in [0.05, 0.1) is 17.6 Å². The maximum absolute atomic E-state index is 11.0. The molecule has 0 aromatic heterocycles. The summed E-state index contributed by atoms with van der Waals surface area (Å²) in [4.78, 5) is 15.7. The molecule has 2 atom stereocenters. The van der Waals surface area contributed by atoms with E-state index in [2.05, 4.69) is 23.6 Å². The Morgan fingerprint density at radius 1 is 1.29 bits per heavy atom. The van der Waals surface area contributed by atoms with E-state index in [4.69, 9.17) is 4.74 Å². The molecule has 24 heavy (non-hydrogen) atoms. The second-order valence-electron chi connectivity index (χ2n) is 6.97. The highest BCUT2D eigenvalue weighted by Crippen LogP contribution is 2.28. The van der Waals surface area contributed by atoms with Crippen LogP contribution in [0.25, 0.3) is 0 Å². The summed E-state index contributed by atoms with van der Waals surface area (Å²) in [5.41, 5.74) is 1.21. The Hall–Kier alpha value is -1.50. The van der Waals surface area contributed by atoms with Crippen LogP contribution in [0.4, 0.5) is 5.69 Å². The Balaban J connectivity index is 1.58. The van der Waals surface area contributed by atoms with Gasteiger partial charge in [-0.1, -0.05) is 12.1 Å². The van der Waals surface area contributed by atoms with Crippen molar-refractivity contribution in [2.45, 2.75) is 44.9 Å². The Bertz CT molecular complexity index is 572. The maximum atomic E-state index is 11.0. The minimum absolute atomic E-state index is 0.177. The number of ether oxygens (including phenoxy) is 1. The Morgan fingerprint density at radius 2 is 2.04 bits per heavy atom. The zero-order valence-corrected chi connectivity index (χ0v) is 14.6. The molecule has 1 aromatic rings. The van der Waals surface area contributed by atoms with E-state index in [1.54, 1.807) is 18.2 Å². The predicted octanol–water partition coefficient (Wildman–Crippen LogP) is 2.84. The molecule has 2 heterocycles. The summed E-state index contributed by atoms with van der Waals surface area (Å²) in [5, 5.41) is 11.0. The summed E-state index contributed by atoms with van der Waals surface area (Å²) in [6, 6.07) is 7.90. The van der Waals surface area contributed by atoms with Crippen LogP contribution in [0.1, 0.15) is 38.3 Å². The highest BCUT2D eigenvalue weighted by atomic mass is 16.6. The van der Waals surface area contributed by atoms with Crippen LogP contribution in [-0.4, -0.2) is 59.7 Å². The molecule has 0 radical (unpaired) electrons. The van der Waals surface area contributed by atoms with E-state index in [1.807, 2.05) is 6.07 Å². The van der Waals surface area contributed by atoms with Crippen molar-refractivity contribution >= 4 is 5.69 Å². The number of piperidine rings is 1. The summed E-state index contributed by atoms with van der Waals surface area (Å²) in [6.45, 7) is 9.29. The van der Waals surface area contributed by atoms with Crippen molar-refractivity contribution in [2.75, 3.05) is 32.8 Å². The normalized spacial score (nSPS) is 25.5. The van der Waals surface area contributed by atoms with Crippen LogP contribution in [0.3, 0.4) is 0 Å².